The van der Waals surface area contributed by atoms with Gasteiger partial charge in [0.05, 0.1) is 31.7 Å². The summed E-state index contributed by atoms with van der Waals surface area (Å²) in [5.41, 5.74) is 1.68. The second kappa shape index (κ2) is 10.1. The van der Waals surface area contributed by atoms with Crippen molar-refractivity contribution in [3.63, 3.8) is 0 Å². The predicted molar refractivity (Wildman–Crippen MR) is 117 cm³/mol. The zero-order valence-corrected chi connectivity index (χ0v) is 17.3. The molecule has 1 aliphatic heterocycles. The third kappa shape index (κ3) is 5.58. The Morgan fingerprint density at radius 1 is 1.10 bits per heavy atom. The zero-order valence-electron chi connectivity index (χ0n) is 16.5. The monoisotopic (exact) mass is 415 g/mol. The van der Waals surface area contributed by atoms with Crippen molar-refractivity contribution in [1.29, 1.82) is 0 Å². The molecule has 2 aromatic rings. The lowest BCUT2D eigenvalue weighted by Crippen LogP contribution is -2.34. The van der Waals surface area contributed by atoms with Gasteiger partial charge in [-0.25, -0.2) is 0 Å². The number of ether oxygens (including phenoxy) is 3. The second-order valence-electron chi connectivity index (χ2n) is 6.54. The van der Waals surface area contributed by atoms with Gasteiger partial charge in [0.25, 0.3) is 5.91 Å². The van der Waals surface area contributed by atoms with E-state index in [9.17, 15) is 4.79 Å². The summed E-state index contributed by atoms with van der Waals surface area (Å²) in [6, 6.07) is 12.4. The Morgan fingerprint density at radius 3 is 2.34 bits per heavy atom. The number of thiocarbonyl (C=S) groups is 1. The van der Waals surface area contributed by atoms with Crippen LogP contribution in [0, 0.1) is 0 Å². The van der Waals surface area contributed by atoms with Gasteiger partial charge in [0, 0.05) is 30.8 Å². The maximum absolute atomic E-state index is 12.5. The Morgan fingerprint density at radius 2 is 1.76 bits per heavy atom. The predicted octanol–water partition coefficient (Wildman–Crippen LogP) is 3.42. The number of hydrogen-bond donors (Lipinski definition) is 3. The highest BCUT2D eigenvalue weighted by atomic mass is 32.1. The molecule has 1 heterocycles. The average molecular weight is 416 g/mol. The Labute approximate surface area is 175 Å². The number of methoxy groups -OCH3 is 2. The smallest absolute Gasteiger partial charge is 0.255 e. The molecular weight excluding hydrogens is 390 g/mol. The lowest BCUT2D eigenvalue weighted by atomic mass is 10.2. The molecule has 0 radical (unpaired) electrons. The van der Waals surface area contributed by atoms with Crippen LogP contribution in [0.15, 0.2) is 42.5 Å². The quantitative estimate of drug-likeness (QED) is 0.598. The fourth-order valence-corrected chi connectivity index (χ4v) is 3.25. The first-order valence-electron chi connectivity index (χ1n) is 9.39. The molecule has 7 nitrogen and oxygen atoms in total. The minimum Gasteiger partial charge on any atom is -0.494 e. The molecule has 2 aromatic carbocycles. The molecule has 1 aliphatic rings. The van der Waals surface area contributed by atoms with Gasteiger partial charge in [-0.1, -0.05) is 18.2 Å². The number of carbonyl (C=O) groups is 1. The van der Waals surface area contributed by atoms with Crippen molar-refractivity contribution in [2.75, 3.05) is 38.0 Å². The summed E-state index contributed by atoms with van der Waals surface area (Å²) in [6.45, 7) is 1.45. The fourth-order valence-electron chi connectivity index (χ4n) is 3.06. The summed E-state index contributed by atoms with van der Waals surface area (Å²) in [5.74, 6) is 0.773. The van der Waals surface area contributed by atoms with Crippen LogP contribution in [0.1, 0.15) is 23.2 Å². The van der Waals surface area contributed by atoms with E-state index >= 15 is 0 Å². The van der Waals surface area contributed by atoms with Crippen molar-refractivity contribution in [1.82, 2.24) is 5.32 Å². The average Bonchev–Trinajstić information content (AvgIpc) is 3.27. The lowest BCUT2D eigenvalue weighted by molar-refractivity contribution is 0.102. The van der Waals surface area contributed by atoms with Crippen molar-refractivity contribution >= 4 is 34.6 Å². The molecule has 0 aliphatic carbocycles. The van der Waals surface area contributed by atoms with Gasteiger partial charge in [-0.2, -0.15) is 0 Å². The standard InChI is InChI=1S/C21H25N3O4S/c1-26-18-12-17(24-21(29)22-13-15-9-6-10-28-15)19(27-2)11-16(18)23-20(25)14-7-4-3-5-8-14/h3-5,7-8,11-12,15H,6,9-10,13H2,1-2H3,(H,23,25)(H2,22,24,29)/t15-/m1/s1. The third-order valence-electron chi connectivity index (χ3n) is 4.57. The van der Waals surface area contributed by atoms with Crippen LogP contribution in [0.2, 0.25) is 0 Å². The van der Waals surface area contributed by atoms with E-state index < -0.39 is 0 Å². The number of amides is 1. The molecular formula is C21H25N3O4S. The van der Waals surface area contributed by atoms with E-state index in [2.05, 4.69) is 16.0 Å². The summed E-state index contributed by atoms with van der Waals surface area (Å²) in [4.78, 5) is 12.5. The largest absolute Gasteiger partial charge is 0.494 e. The Hall–Kier alpha value is -2.84. The van der Waals surface area contributed by atoms with Crippen LogP contribution in [0.3, 0.4) is 0 Å². The molecule has 8 heteroatoms. The zero-order chi connectivity index (χ0) is 20.6. The van der Waals surface area contributed by atoms with Crippen LogP contribution in [0.25, 0.3) is 0 Å². The highest BCUT2D eigenvalue weighted by molar-refractivity contribution is 7.80. The van der Waals surface area contributed by atoms with E-state index in [4.69, 9.17) is 26.4 Å². The van der Waals surface area contributed by atoms with Crippen molar-refractivity contribution in [3.8, 4) is 11.5 Å². The van der Waals surface area contributed by atoms with Crippen LogP contribution >= 0.6 is 12.2 Å². The number of benzene rings is 2. The molecule has 1 fully saturated rings. The number of anilines is 2. The Bertz CT molecular complexity index is 855. The number of rotatable bonds is 7. The van der Waals surface area contributed by atoms with Crippen LogP contribution in [0.4, 0.5) is 11.4 Å². The Balaban J connectivity index is 1.71. The van der Waals surface area contributed by atoms with Crippen molar-refractivity contribution in [2.45, 2.75) is 18.9 Å². The molecule has 29 heavy (non-hydrogen) atoms. The van der Waals surface area contributed by atoms with Crippen LogP contribution in [0.5, 0.6) is 11.5 Å². The minimum atomic E-state index is -0.236. The summed E-state index contributed by atoms with van der Waals surface area (Å²) in [5, 5.41) is 9.60. The maximum Gasteiger partial charge on any atom is 0.255 e. The molecule has 154 valence electrons. The normalized spacial score (nSPS) is 15.4. The van der Waals surface area contributed by atoms with E-state index in [0.29, 0.717) is 40.1 Å². The number of hydrogen-bond acceptors (Lipinski definition) is 5. The van der Waals surface area contributed by atoms with Gasteiger partial charge in [-0.05, 0) is 37.2 Å². The summed E-state index contributed by atoms with van der Waals surface area (Å²) in [7, 11) is 3.09. The minimum absolute atomic E-state index is 0.182. The first-order chi connectivity index (χ1) is 14.1. The summed E-state index contributed by atoms with van der Waals surface area (Å²) >= 11 is 5.38. The summed E-state index contributed by atoms with van der Waals surface area (Å²) < 4.78 is 16.5. The molecule has 3 N–H and O–H groups in total. The van der Waals surface area contributed by atoms with E-state index in [1.54, 1.807) is 31.4 Å². The molecule has 0 saturated carbocycles. The van der Waals surface area contributed by atoms with Gasteiger partial charge in [0.15, 0.2) is 5.11 Å². The molecule has 1 atom stereocenters. The second-order valence-corrected chi connectivity index (χ2v) is 6.95. The van der Waals surface area contributed by atoms with Gasteiger partial charge < -0.3 is 30.2 Å². The fraction of sp³-hybridized carbons (Fsp3) is 0.333. The number of carbonyl (C=O) groups excluding carboxylic acids is 1. The molecule has 3 rings (SSSR count). The van der Waals surface area contributed by atoms with Gasteiger partial charge in [0.2, 0.25) is 0 Å². The van der Waals surface area contributed by atoms with Gasteiger partial charge in [-0.15, -0.1) is 0 Å². The summed E-state index contributed by atoms with van der Waals surface area (Å²) in [6.07, 6.45) is 2.29. The SMILES string of the molecule is COc1cc(NC(=S)NC[C@H]2CCCO2)c(OC)cc1NC(=O)c1ccccc1. The molecule has 1 amide bonds. The van der Waals surface area contributed by atoms with Crippen LogP contribution < -0.4 is 25.4 Å². The molecule has 0 bridgehead atoms. The van der Waals surface area contributed by atoms with Gasteiger partial charge >= 0.3 is 0 Å². The third-order valence-corrected chi connectivity index (χ3v) is 4.81. The van der Waals surface area contributed by atoms with E-state index in [1.807, 2.05) is 18.2 Å². The van der Waals surface area contributed by atoms with Gasteiger partial charge in [0.1, 0.15) is 11.5 Å². The first kappa shape index (κ1) is 20.9. The highest BCUT2D eigenvalue weighted by Crippen LogP contribution is 2.36. The van der Waals surface area contributed by atoms with Crippen molar-refractivity contribution < 1.29 is 19.0 Å². The lowest BCUT2D eigenvalue weighted by Gasteiger charge is -2.18. The van der Waals surface area contributed by atoms with Crippen LogP contribution in [-0.2, 0) is 4.74 Å². The van der Waals surface area contributed by atoms with E-state index in [1.165, 1.54) is 7.11 Å². The molecule has 0 unspecified atom stereocenters. The van der Waals surface area contributed by atoms with Crippen LogP contribution in [-0.4, -0.2) is 44.5 Å². The first-order valence-corrected chi connectivity index (χ1v) is 9.80. The van der Waals surface area contributed by atoms with E-state index in [0.717, 1.165) is 19.4 Å². The van der Waals surface area contributed by atoms with E-state index in [-0.39, 0.29) is 12.0 Å². The van der Waals surface area contributed by atoms with Crippen molar-refractivity contribution in [3.05, 3.63) is 48.0 Å². The van der Waals surface area contributed by atoms with Gasteiger partial charge in [-0.3, -0.25) is 4.79 Å². The Kier molecular flexibility index (Phi) is 7.26. The highest BCUT2D eigenvalue weighted by Gasteiger charge is 2.17. The maximum atomic E-state index is 12.5. The topological polar surface area (TPSA) is 80.8 Å². The van der Waals surface area contributed by atoms with Crippen molar-refractivity contribution in [2.24, 2.45) is 0 Å². The number of nitrogens with one attached hydrogen (secondary N) is 3. The molecule has 0 aromatic heterocycles. The molecule has 1 saturated heterocycles. The molecule has 0 spiro atoms.